The number of halogens is 6. The van der Waals surface area contributed by atoms with Gasteiger partial charge in [-0.05, 0) is 12.1 Å². The van der Waals surface area contributed by atoms with Crippen molar-refractivity contribution < 1.29 is 17.6 Å². The molecular formula is C17H11Cl2F4N5. The van der Waals surface area contributed by atoms with E-state index in [0.29, 0.717) is 6.07 Å². The summed E-state index contributed by atoms with van der Waals surface area (Å²) in [5.41, 5.74) is 4.00. The minimum Gasteiger partial charge on any atom is -0.368 e. The molecule has 11 heteroatoms. The number of benzene rings is 2. The molecular weight excluding hydrogens is 421 g/mol. The molecule has 0 fully saturated rings. The SMILES string of the molecule is N=c1nc(N)n(Cc2cccc(C(F)(F)F)c2F)nc1-c1cccc(Cl)c1Cl. The van der Waals surface area contributed by atoms with Crippen LogP contribution in [0.2, 0.25) is 10.0 Å². The molecule has 0 spiro atoms. The molecule has 0 bridgehead atoms. The fraction of sp³-hybridized carbons (Fsp3) is 0.118. The zero-order chi connectivity index (χ0) is 20.6. The van der Waals surface area contributed by atoms with E-state index in [9.17, 15) is 17.6 Å². The highest BCUT2D eigenvalue weighted by Gasteiger charge is 2.34. The van der Waals surface area contributed by atoms with Crippen molar-refractivity contribution in [1.82, 2.24) is 14.8 Å². The molecule has 5 nitrogen and oxygen atoms in total. The normalized spacial score (nSPS) is 11.6. The predicted octanol–water partition coefficient (Wildman–Crippen LogP) is 4.52. The van der Waals surface area contributed by atoms with Gasteiger partial charge in [-0.3, -0.25) is 5.41 Å². The lowest BCUT2D eigenvalue weighted by Crippen LogP contribution is -2.23. The van der Waals surface area contributed by atoms with Gasteiger partial charge in [0.2, 0.25) is 5.95 Å². The zero-order valence-corrected chi connectivity index (χ0v) is 15.4. The Morgan fingerprint density at radius 3 is 2.46 bits per heavy atom. The van der Waals surface area contributed by atoms with Crippen molar-refractivity contribution in [3.63, 3.8) is 0 Å². The van der Waals surface area contributed by atoms with Crippen LogP contribution in [0, 0.1) is 11.2 Å². The van der Waals surface area contributed by atoms with Gasteiger partial charge in [-0.1, -0.05) is 47.5 Å². The van der Waals surface area contributed by atoms with Crippen LogP contribution in [-0.4, -0.2) is 14.8 Å². The van der Waals surface area contributed by atoms with Gasteiger partial charge in [0.15, 0.2) is 5.49 Å². The highest BCUT2D eigenvalue weighted by molar-refractivity contribution is 6.43. The number of alkyl halides is 3. The minimum absolute atomic E-state index is 0.00548. The summed E-state index contributed by atoms with van der Waals surface area (Å²) in [7, 11) is 0. The fourth-order valence-corrected chi connectivity index (χ4v) is 2.90. The monoisotopic (exact) mass is 431 g/mol. The van der Waals surface area contributed by atoms with Crippen LogP contribution in [0.15, 0.2) is 36.4 Å². The quantitative estimate of drug-likeness (QED) is 0.598. The highest BCUT2D eigenvalue weighted by atomic mass is 35.5. The number of nitrogens with one attached hydrogen (secondary N) is 1. The van der Waals surface area contributed by atoms with E-state index in [1.54, 1.807) is 12.1 Å². The number of hydrogen-bond acceptors (Lipinski definition) is 4. The highest BCUT2D eigenvalue weighted by Crippen LogP contribution is 2.33. The molecule has 3 rings (SSSR count). The van der Waals surface area contributed by atoms with Crippen LogP contribution in [0.1, 0.15) is 11.1 Å². The summed E-state index contributed by atoms with van der Waals surface area (Å²) in [4.78, 5) is 3.82. The molecule has 0 aliphatic heterocycles. The summed E-state index contributed by atoms with van der Waals surface area (Å²) >= 11 is 12.1. The van der Waals surface area contributed by atoms with Gasteiger partial charge in [0.25, 0.3) is 0 Å². The molecule has 2 aromatic carbocycles. The Morgan fingerprint density at radius 1 is 1.11 bits per heavy atom. The average molecular weight is 432 g/mol. The Bertz CT molecular complexity index is 1110. The van der Waals surface area contributed by atoms with Gasteiger partial charge in [0, 0.05) is 11.1 Å². The summed E-state index contributed by atoms with van der Waals surface area (Å²) < 4.78 is 54.0. The largest absolute Gasteiger partial charge is 0.419 e. The molecule has 3 aromatic rings. The van der Waals surface area contributed by atoms with Crippen molar-refractivity contribution in [3.05, 3.63) is 68.9 Å². The van der Waals surface area contributed by atoms with Crippen LogP contribution in [0.4, 0.5) is 23.5 Å². The zero-order valence-electron chi connectivity index (χ0n) is 13.9. The second-order valence-electron chi connectivity index (χ2n) is 5.70. The van der Waals surface area contributed by atoms with Crippen LogP contribution in [0.5, 0.6) is 0 Å². The number of hydrogen-bond donors (Lipinski definition) is 2. The molecule has 0 radical (unpaired) electrons. The summed E-state index contributed by atoms with van der Waals surface area (Å²) in [6.07, 6.45) is -4.84. The molecule has 28 heavy (non-hydrogen) atoms. The molecule has 0 unspecified atom stereocenters. The molecule has 1 aromatic heterocycles. The summed E-state index contributed by atoms with van der Waals surface area (Å²) in [5, 5.41) is 12.4. The maximum atomic E-state index is 14.3. The third-order valence-electron chi connectivity index (χ3n) is 3.85. The van der Waals surface area contributed by atoms with Crippen molar-refractivity contribution >= 4 is 29.2 Å². The molecule has 0 amide bonds. The average Bonchev–Trinajstić information content (AvgIpc) is 2.60. The molecule has 3 N–H and O–H groups in total. The number of anilines is 1. The second kappa shape index (κ2) is 7.40. The van der Waals surface area contributed by atoms with E-state index >= 15 is 0 Å². The smallest absolute Gasteiger partial charge is 0.368 e. The van der Waals surface area contributed by atoms with Gasteiger partial charge in [-0.2, -0.15) is 23.3 Å². The molecule has 0 aliphatic rings. The van der Waals surface area contributed by atoms with E-state index in [0.717, 1.165) is 10.7 Å². The van der Waals surface area contributed by atoms with Gasteiger partial charge >= 0.3 is 6.18 Å². The number of aromatic nitrogens is 3. The van der Waals surface area contributed by atoms with Crippen molar-refractivity contribution in [2.24, 2.45) is 0 Å². The third kappa shape index (κ3) is 3.81. The Balaban J connectivity index is 2.10. The van der Waals surface area contributed by atoms with E-state index in [1.165, 1.54) is 12.1 Å². The molecule has 1 heterocycles. The summed E-state index contributed by atoms with van der Waals surface area (Å²) in [5.74, 6) is -1.70. The van der Waals surface area contributed by atoms with Gasteiger partial charge in [-0.25, -0.2) is 9.07 Å². The molecule has 0 aliphatic carbocycles. The van der Waals surface area contributed by atoms with E-state index in [-0.39, 0.29) is 38.3 Å². The van der Waals surface area contributed by atoms with Crippen molar-refractivity contribution in [1.29, 1.82) is 5.41 Å². The van der Waals surface area contributed by atoms with Gasteiger partial charge in [0.1, 0.15) is 11.5 Å². The number of rotatable bonds is 3. The number of nitrogen functional groups attached to an aromatic ring is 1. The third-order valence-corrected chi connectivity index (χ3v) is 4.67. The number of nitrogens with two attached hydrogens (primary N) is 1. The molecule has 0 atom stereocenters. The lowest BCUT2D eigenvalue weighted by molar-refractivity contribution is -0.140. The van der Waals surface area contributed by atoms with E-state index < -0.39 is 24.1 Å². The summed E-state index contributed by atoms with van der Waals surface area (Å²) in [6.45, 7) is -0.431. The van der Waals surface area contributed by atoms with Gasteiger partial charge in [0.05, 0.1) is 22.2 Å². The van der Waals surface area contributed by atoms with E-state index in [1.807, 2.05) is 0 Å². The fourth-order valence-electron chi connectivity index (χ4n) is 2.51. The van der Waals surface area contributed by atoms with Crippen LogP contribution in [0.3, 0.4) is 0 Å². The van der Waals surface area contributed by atoms with Crippen LogP contribution >= 0.6 is 23.2 Å². The maximum absolute atomic E-state index is 14.3. The van der Waals surface area contributed by atoms with Crippen LogP contribution in [0.25, 0.3) is 11.3 Å². The first kappa shape index (κ1) is 20.1. The van der Waals surface area contributed by atoms with Crippen LogP contribution in [-0.2, 0) is 12.7 Å². The standard InChI is InChI=1S/C17H11Cl2F4N5/c18-11-6-2-4-9(12(11)19)14-15(24)26-16(25)28(27-14)7-8-3-1-5-10(13(8)20)17(21,22)23/h1-6H,7H2,(H3,24,25,26). The van der Waals surface area contributed by atoms with Crippen molar-refractivity contribution in [2.75, 3.05) is 5.73 Å². The Labute approximate surface area is 165 Å². The first-order valence-electron chi connectivity index (χ1n) is 7.67. The summed E-state index contributed by atoms with van der Waals surface area (Å²) in [6, 6.07) is 7.56. The van der Waals surface area contributed by atoms with E-state index in [4.69, 9.17) is 34.3 Å². The second-order valence-corrected chi connectivity index (χ2v) is 6.49. The Morgan fingerprint density at radius 2 is 1.79 bits per heavy atom. The maximum Gasteiger partial charge on any atom is 0.419 e. The lowest BCUT2D eigenvalue weighted by Gasteiger charge is -2.14. The van der Waals surface area contributed by atoms with Gasteiger partial charge < -0.3 is 5.73 Å². The van der Waals surface area contributed by atoms with Crippen molar-refractivity contribution in [2.45, 2.75) is 12.7 Å². The lowest BCUT2D eigenvalue weighted by atomic mass is 10.1. The van der Waals surface area contributed by atoms with Crippen molar-refractivity contribution in [3.8, 4) is 11.3 Å². The topological polar surface area (TPSA) is 80.6 Å². The van der Waals surface area contributed by atoms with Gasteiger partial charge in [-0.15, -0.1) is 0 Å². The van der Waals surface area contributed by atoms with Crippen LogP contribution < -0.4 is 11.2 Å². The molecule has 0 saturated carbocycles. The Kier molecular flexibility index (Phi) is 5.31. The minimum atomic E-state index is -4.84. The predicted molar refractivity (Wildman–Crippen MR) is 96.2 cm³/mol. The molecule has 0 saturated heterocycles. The first-order chi connectivity index (χ1) is 13.1. The molecule has 146 valence electrons. The first-order valence-corrected chi connectivity index (χ1v) is 8.43. The van der Waals surface area contributed by atoms with E-state index in [2.05, 4.69) is 10.1 Å². The Hall–Kier alpha value is -2.65. The number of nitrogens with zero attached hydrogens (tertiary/aromatic N) is 3.